The fourth-order valence-corrected chi connectivity index (χ4v) is 4.55. The van der Waals surface area contributed by atoms with Crippen LogP contribution in [-0.4, -0.2) is 85.3 Å². The molecule has 5 rings (SSSR count). The molecule has 3 amide bonds. The summed E-state index contributed by atoms with van der Waals surface area (Å²) in [5.74, 6) is 1.59. The Hall–Kier alpha value is -2.48. The van der Waals surface area contributed by atoms with Gasteiger partial charge in [-0.05, 0) is 31.4 Å². The molecule has 4 aliphatic heterocycles. The van der Waals surface area contributed by atoms with Gasteiger partial charge < -0.3 is 19.3 Å². The molecule has 4 heterocycles. The number of rotatable bonds is 3. The van der Waals surface area contributed by atoms with Crippen LogP contribution in [0.5, 0.6) is 11.5 Å². The van der Waals surface area contributed by atoms with Crippen LogP contribution in [0.3, 0.4) is 0 Å². The van der Waals surface area contributed by atoms with Gasteiger partial charge in [0.1, 0.15) is 19.3 Å². The minimum Gasteiger partial charge on any atom is -0.486 e. The second-order valence-electron chi connectivity index (χ2n) is 7.83. The minimum atomic E-state index is -0.222. The Morgan fingerprint density at radius 1 is 0.929 bits per heavy atom. The van der Waals surface area contributed by atoms with E-state index in [0.717, 1.165) is 62.6 Å². The second kappa shape index (κ2) is 7.16. The zero-order valence-corrected chi connectivity index (χ0v) is 16.0. The number of piperazine rings is 1. The van der Waals surface area contributed by atoms with Gasteiger partial charge in [-0.25, -0.2) is 9.69 Å². The van der Waals surface area contributed by atoms with E-state index < -0.39 is 0 Å². The summed E-state index contributed by atoms with van der Waals surface area (Å²) < 4.78 is 11.3. The summed E-state index contributed by atoms with van der Waals surface area (Å²) in [6, 6.07) is 5.74. The third-order valence-corrected chi connectivity index (χ3v) is 6.14. The number of ether oxygens (including phenoxy) is 2. The lowest BCUT2D eigenvalue weighted by atomic mass is 10.0. The Morgan fingerprint density at radius 2 is 1.71 bits per heavy atom. The Morgan fingerprint density at radius 3 is 2.50 bits per heavy atom. The molecular formula is C20H26N4O4. The van der Waals surface area contributed by atoms with E-state index in [2.05, 4.69) is 15.9 Å². The summed E-state index contributed by atoms with van der Waals surface area (Å²) in [4.78, 5) is 33.0. The molecule has 0 aromatic heterocycles. The Balaban J connectivity index is 1.20. The minimum absolute atomic E-state index is 0.0148. The van der Waals surface area contributed by atoms with Gasteiger partial charge >= 0.3 is 6.03 Å². The third kappa shape index (κ3) is 3.05. The average Bonchev–Trinajstić information content (AvgIpc) is 2.99. The summed E-state index contributed by atoms with van der Waals surface area (Å²) in [5.41, 5.74) is 1.12. The van der Waals surface area contributed by atoms with Crippen LogP contribution >= 0.6 is 0 Å². The first-order valence-electron chi connectivity index (χ1n) is 10.2. The molecule has 1 unspecified atom stereocenters. The van der Waals surface area contributed by atoms with Crippen LogP contribution in [0.25, 0.3) is 0 Å². The largest absolute Gasteiger partial charge is 0.486 e. The number of hydrogen-bond donors (Lipinski definition) is 0. The number of anilines is 1. The standard InChI is InChI=1S/C20H26N4O4/c25-19-16-3-1-2-6-23(16)20(26)24(19)14-21-7-9-22(10-8-21)15-4-5-17-18(13-15)28-12-11-27-17/h4-5,13,16H,1-3,6-12,14H2. The molecule has 150 valence electrons. The van der Waals surface area contributed by atoms with Crippen molar-refractivity contribution >= 4 is 17.6 Å². The highest BCUT2D eigenvalue weighted by atomic mass is 16.6. The van der Waals surface area contributed by atoms with Crippen molar-refractivity contribution in [3.05, 3.63) is 18.2 Å². The van der Waals surface area contributed by atoms with Gasteiger partial charge in [-0.3, -0.25) is 9.69 Å². The molecular weight excluding hydrogens is 360 g/mol. The van der Waals surface area contributed by atoms with Crippen LogP contribution in [0.15, 0.2) is 18.2 Å². The summed E-state index contributed by atoms with van der Waals surface area (Å²) in [5, 5.41) is 0. The van der Waals surface area contributed by atoms with E-state index in [1.807, 2.05) is 12.1 Å². The highest BCUT2D eigenvalue weighted by molar-refractivity contribution is 6.04. The molecule has 0 spiro atoms. The topological polar surface area (TPSA) is 65.6 Å². The number of hydrogen-bond acceptors (Lipinski definition) is 6. The van der Waals surface area contributed by atoms with Crippen molar-refractivity contribution in [3.63, 3.8) is 0 Å². The quantitative estimate of drug-likeness (QED) is 0.731. The first-order chi connectivity index (χ1) is 13.7. The maximum absolute atomic E-state index is 12.6. The molecule has 3 saturated heterocycles. The van der Waals surface area contributed by atoms with Crippen molar-refractivity contribution in [2.75, 3.05) is 57.5 Å². The van der Waals surface area contributed by atoms with Crippen LogP contribution in [0.4, 0.5) is 10.5 Å². The van der Waals surface area contributed by atoms with E-state index in [4.69, 9.17) is 9.47 Å². The smallest absolute Gasteiger partial charge is 0.328 e. The molecule has 28 heavy (non-hydrogen) atoms. The normalized spacial score (nSPS) is 25.3. The molecule has 0 N–H and O–H groups in total. The van der Waals surface area contributed by atoms with Crippen LogP contribution < -0.4 is 14.4 Å². The average molecular weight is 386 g/mol. The SMILES string of the molecule is O=C1C2CCCCN2C(=O)N1CN1CCN(c2ccc3c(c2)OCCO3)CC1. The Labute approximate surface area is 164 Å². The molecule has 3 fully saturated rings. The number of carbonyl (C=O) groups is 2. The number of benzene rings is 1. The van der Waals surface area contributed by atoms with Crippen molar-refractivity contribution < 1.29 is 19.1 Å². The number of carbonyl (C=O) groups excluding carboxylic acids is 2. The number of fused-ring (bicyclic) bond motifs is 2. The predicted molar refractivity (Wildman–Crippen MR) is 103 cm³/mol. The van der Waals surface area contributed by atoms with Crippen LogP contribution in [0.2, 0.25) is 0 Å². The molecule has 1 atom stereocenters. The first kappa shape index (κ1) is 17.6. The third-order valence-electron chi connectivity index (χ3n) is 6.14. The van der Waals surface area contributed by atoms with E-state index >= 15 is 0 Å². The summed E-state index contributed by atoms with van der Waals surface area (Å²) in [7, 11) is 0. The van der Waals surface area contributed by atoms with E-state index in [9.17, 15) is 9.59 Å². The lowest BCUT2D eigenvalue weighted by Crippen LogP contribution is -2.51. The van der Waals surface area contributed by atoms with Gasteiger partial charge in [-0.1, -0.05) is 0 Å². The molecule has 0 saturated carbocycles. The van der Waals surface area contributed by atoms with Gasteiger partial charge in [0.2, 0.25) is 0 Å². The highest BCUT2D eigenvalue weighted by Gasteiger charge is 2.46. The Bertz CT molecular complexity index is 753. The number of nitrogens with zero attached hydrogens (tertiary/aromatic N) is 4. The molecule has 1 aromatic rings. The van der Waals surface area contributed by atoms with Crippen LogP contribution in [-0.2, 0) is 4.79 Å². The monoisotopic (exact) mass is 386 g/mol. The molecule has 8 heteroatoms. The predicted octanol–water partition coefficient (Wildman–Crippen LogP) is 1.35. The second-order valence-corrected chi connectivity index (χ2v) is 7.83. The fraction of sp³-hybridized carbons (Fsp3) is 0.600. The van der Waals surface area contributed by atoms with Gasteiger partial charge in [0, 0.05) is 44.5 Å². The van der Waals surface area contributed by atoms with Gasteiger partial charge in [-0.2, -0.15) is 0 Å². The highest BCUT2D eigenvalue weighted by Crippen LogP contribution is 2.34. The maximum atomic E-state index is 12.6. The lowest BCUT2D eigenvalue weighted by Gasteiger charge is -2.37. The summed E-state index contributed by atoms with van der Waals surface area (Å²) in [6.45, 7) is 5.62. The van der Waals surface area contributed by atoms with Crippen molar-refractivity contribution in [1.29, 1.82) is 0 Å². The van der Waals surface area contributed by atoms with Crippen molar-refractivity contribution in [2.24, 2.45) is 0 Å². The number of piperidine rings is 1. The van der Waals surface area contributed by atoms with Gasteiger partial charge in [0.15, 0.2) is 11.5 Å². The maximum Gasteiger partial charge on any atom is 0.328 e. The van der Waals surface area contributed by atoms with E-state index in [1.54, 1.807) is 4.90 Å². The van der Waals surface area contributed by atoms with Crippen LogP contribution in [0, 0.1) is 0 Å². The Kier molecular flexibility index (Phi) is 4.50. The van der Waals surface area contributed by atoms with Crippen molar-refractivity contribution in [1.82, 2.24) is 14.7 Å². The molecule has 0 aliphatic carbocycles. The zero-order valence-electron chi connectivity index (χ0n) is 16.0. The van der Waals surface area contributed by atoms with Gasteiger partial charge in [0.05, 0.1) is 6.67 Å². The van der Waals surface area contributed by atoms with E-state index in [1.165, 1.54) is 4.90 Å². The van der Waals surface area contributed by atoms with E-state index in [0.29, 0.717) is 26.4 Å². The fourth-order valence-electron chi connectivity index (χ4n) is 4.55. The summed E-state index contributed by atoms with van der Waals surface area (Å²) in [6.07, 6.45) is 2.83. The van der Waals surface area contributed by atoms with Crippen molar-refractivity contribution in [2.45, 2.75) is 25.3 Å². The first-order valence-corrected chi connectivity index (χ1v) is 10.2. The van der Waals surface area contributed by atoms with Crippen molar-refractivity contribution in [3.8, 4) is 11.5 Å². The number of amides is 3. The summed E-state index contributed by atoms with van der Waals surface area (Å²) >= 11 is 0. The molecule has 0 radical (unpaired) electrons. The number of imide groups is 1. The molecule has 0 bridgehead atoms. The van der Waals surface area contributed by atoms with Crippen LogP contribution in [0.1, 0.15) is 19.3 Å². The molecule has 4 aliphatic rings. The zero-order chi connectivity index (χ0) is 19.1. The van der Waals surface area contributed by atoms with Gasteiger partial charge in [-0.15, -0.1) is 0 Å². The molecule has 1 aromatic carbocycles. The number of urea groups is 1. The lowest BCUT2D eigenvalue weighted by molar-refractivity contribution is -0.130. The molecule has 8 nitrogen and oxygen atoms in total. The van der Waals surface area contributed by atoms with Gasteiger partial charge in [0.25, 0.3) is 5.91 Å². The van der Waals surface area contributed by atoms with E-state index in [-0.39, 0.29) is 18.0 Å².